The molecular weight excluding hydrogens is 633 g/mol. The predicted octanol–water partition coefficient (Wildman–Crippen LogP) is 6.88. The maximum Gasteiger partial charge on any atom is 0.264 e. The fourth-order valence-electron chi connectivity index (χ4n) is 4.43. The summed E-state index contributed by atoms with van der Waals surface area (Å²) in [5, 5.41) is 3.77. The Morgan fingerprint density at radius 3 is 2.12 bits per heavy atom. The zero-order valence-electron chi connectivity index (χ0n) is 24.9. The maximum atomic E-state index is 14.3. The molecule has 0 unspecified atom stereocenters. The minimum atomic E-state index is -4.32. The smallest absolute Gasteiger partial charge is 0.264 e. The molecule has 1 atom stereocenters. The number of methoxy groups -OCH3 is 1. The number of nitrogens with zero attached hydrogens (tertiary/aromatic N) is 2. The molecule has 8 nitrogen and oxygen atoms in total. The molecule has 0 heterocycles. The van der Waals surface area contributed by atoms with Crippen molar-refractivity contribution in [1.29, 1.82) is 0 Å². The first-order valence-electron chi connectivity index (χ1n) is 13.6. The van der Waals surface area contributed by atoms with Crippen LogP contribution >= 0.6 is 34.8 Å². The maximum absolute atomic E-state index is 14.3. The average molecular weight is 669 g/mol. The molecule has 1 N–H and O–H groups in total. The van der Waals surface area contributed by atoms with E-state index in [0.717, 1.165) is 9.87 Å². The average Bonchev–Trinajstić information content (AvgIpc) is 2.92. The monoisotopic (exact) mass is 667 g/mol. The molecule has 0 saturated heterocycles. The van der Waals surface area contributed by atoms with E-state index < -0.39 is 40.0 Å². The number of benzene rings is 3. The molecule has 12 heteroatoms. The molecule has 3 aromatic carbocycles. The van der Waals surface area contributed by atoms with Crippen LogP contribution in [0.5, 0.6) is 5.75 Å². The molecule has 43 heavy (non-hydrogen) atoms. The molecule has 2 amide bonds. The molecule has 0 aromatic heterocycles. The Labute approximate surface area is 268 Å². The predicted molar refractivity (Wildman–Crippen MR) is 173 cm³/mol. The van der Waals surface area contributed by atoms with Gasteiger partial charge in [-0.2, -0.15) is 0 Å². The Kier molecular flexibility index (Phi) is 11.4. The number of aryl methyl sites for hydroxylation is 1. The third-order valence-electron chi connectivity index (χ3n) is 6.57. The van der Waals surface area contributed by atoms with Gasteiger partial charge in [-0.05, 0) is 76.6 Å². The number of hydrogen-bond donors (Lipinski definition) is 1. The Bertz CT molecular complexity index is 1550. The second-order valence-corrected chi connectivity index (χ2v) is 14.1. The first-order valence-corrected chi connectivity index (χ1v) is 16.1. The van der Waals surface area contributed by atoms with Crippen LogP contribution in [0.4, 0.5) is 5.69 Å². The number of carbonyl (C=O) groups is 2. The van der Waals surface area contributed by atoms with Crippen LogP contribution in [-0.2, 0) is 26.2 Å². The quantitative estimate of drug-likeness (QED) is 0.240. The highest BCUT2D eigenvalue weighted by atomic mass is 35.5. The van der Waals surface area contributed by atoms with Crippen molar-refractivity contribution < 1.29 is 22.7 Å². The van der Waals surface area contributed by atoms with E-state index in [0.29, 0.717) is 15.6 Å². The van der Waals surface area contributed by atoms with Gasteiger partial charge < -0.3 is 15.0 Å². The zero-order valence-corrected chi connectivity index (χ0v) is 28.0. The number of ether oxygens (including phenoxy) is 1. The van der Waals surface area contributed by atoms with Crippen LogP contribution in [0.1, 0.15) is 45.2 Å². The summed E-state index contributed by atoms with van der Waals surface area (Å²) in [5.41, 5.74) is 0.762. The molecule has 232 valence electrons. The molecule has 0 aliphatic rings. The third-order valence-corrected chi connectivity index (χ3v) is 9.29. The number of anilines is 1. The topological polar surface area (TPSA) is 96.0 Å². The number of hydrogen-bond acceptors (Lipinski definition) is 5. The van der Waals surface area contributed by atoms with Gasteiger partial charge in [0, 0.05) is 32.7 Å². The summed E-state index contributed by atoms with van der Waals surface area (Å²) in [6, 6.07) is 14.7. The molecule has 3 aromatic rings. The Morgan fingerprint density at radius 1 is 0.977 bits per heavy atom. The number of rotatable bonds is 11. The van der Waals surface area contributed by atoms with Crippen molar-refractivity contribution in [2.24, 2.45) is 0 Å². The summed E-state index contributed by atoms with van der Waals surface area (Å²) in [4.78, 5) is 29.1. The fraction of sp³-hybridized carbons (Fsp3) is 0.355. The molecular formula is C31H36Cl3N3O5S. The SMILES string of the molecule is CC[C@@H](C(=O)NC(C)(C)C)N(Cc1c(Cl)cccc1Cl)C(=O)CN(c1cc(Cl)ccc1OC)S(=O)(=O)c1ccc(C)cc1. The van der Waals surface area contributed by atoms with E-state index in [2.05, 4.69) is 5.32 Å². The molecule has 0 bridgehead atoms. The number of sulfonamides is 1. The van der Waals surface area contributed by atoms with Crippen molar-refractivity contribution in [3.8, 4) is 5.75 Å². The lowest BCUT2D eigenvalue weighted by Gasteiger charge is -2.35. The second kappa shape index (κ2) is 14.2. The van der Waals surface area contributed by atoms with Gasteiger partial charge in [-0.15, -0.1) is 0 Å². The van der Waals surface area contributed by atoms with Crippen molar-refractivity contribution in [2.45, 2.75) is 64.1 Å². The summed E-state index contributed by atoms with van der Waals surface area (Å²) in [5.74, 6) is -0.879. The minimum Gasteiger partial charge on any atom is -0.495 e. The summed E-state index contributed by atoms with van der Waals surface area (Å²) in [6.07, 6.45) is 0.237. The Hall–Kier alpha value is -2.98. The van der Waals surface area contributed by atoms with Crippen LogP contribution in [0, 0.1) is 6.92 Å². The van der Waals surface area contributed by atoms with Crippen molar-refractivity contribution in [3.63, 3.8) is 0 Å². The van der Waals surface area contributed by atoms with Gasteiger partial charge in [-0.3, -0.25) is 13.9 Å². The molecule has 3 rings (SSSR count). The third kappa shape index (κ3) is 8.56. The highest BCUT2D eigenvalue weighted by molar-refractivity contribution is 7.92. The largest absolute Gasteiger partial charge is 0.495 e. The summed E-state index contributed by atoms with van der Waals surface area (Å²) in [7, 11) is -2.94. The first kappa shape index (κ1) is 34.5. The lowest BCUT2D eigenvalue weighted by atomic mass is 10.1. The number of amides is 2. The Balaban J connectivity index is 2.18. The number of nitrogens with one attached hydrogen (secondary N) is 1. The zero-order chi connectivity index (χ0) is 32.1. The van der Waals surface area contributed by atoms with Crippen LogP contribution < -0.4 is 14.4 Å². The van der Waals surface area contributed by atoms with Gasteiger partial charge in [0.2, 0.25) is 11.8 Å². The van der Waals surface area contributed by atoms with Crippen molar-refractivity contribution in [2.75, 3.05) is 18.0 Å². The van der Waals surface area contributed by atoms with Crippen molar-refractivity contribution >= 4 is 62.3 Å². The van der Waals surface area contributed by atoms with Crippen LogP contribution in [0.15, 0.2) is 65.6 Å². The number of carbonyl (C=O) groups excluding carboxylic acids is 2. The van der Waals surface area contributed by atoms with E-state index >= 15 is 0 Å². The second-order valence-electron chi connectivity index (χ2n) is 11.0. The van der Waals surface area contributed by atoms with E-state index in [1.165, 1.54) is 36.3 Å². The lowest BCUT2D eigenvalue weighted by Crippen LogP contribution is -2.55. The van der Waals surface area contributed by atoms with Gasteiger partial charge in [0.1, 0.15) is 18.3 Å². The molecule has 0 radical (unpaired) electrons. The minimum absolute atomic E-state index is 0.0360. The first-order chi connectivity index (χ1) is 20.1. The van der Waals surface area contributed by atoms with Gasteiger partial charge in [-0.25, -0.2) is 8.42 Å². The van der Waals surface area contributed by atoms with Gasteiger partial charge in [-0.1, -0.05) is 65.5 Å². The van der Waals surface area contributed by atoms with E-state index in [1.54, 1.807) is 43.3 Å². The fourth-order valence-corrected chi connectivity index (χ4v) is 6.53. The van der Waals surface area contributed by atoms with Crippen LogP contribution in [0.25, 0.3) is 0 Å². The highest BCUT2D eigenvalue weighted by Gasteiger charge is 2.36. The summed E-state index contributed by atoms with van der Waals surface area (Å²) < 4.78 is 34.7. The van der Waals surface area contributed by atoms with Gasteiger partial charge in [0.05, 0.1) is 17.7 Å². The van der Waals surface area contributed by atoms with Crippen molar-refractivity contribution in [1.82, 2.24) is 10.2 Å². The summed E-state index contributed by atoms with van der Waals surface area (Å²) in [6.45, 7) is 8.28. The van der Waals surface area contributed by atoms with Gasteiger partial charge in [0.15, 0.2) is 0 Å². The number of halogens is 3. The van der Waals surface area contributed by atoms with E-state index in [4.69, 9.17) is 39.5 Å². The molecule has 0 spiro atoms. The molecule has 0 fully saturated rings. The summed E-state index contributed by atoms with van der Waals surface area (Å²) >= 11 is 19.2. The van der Waals surface area contributed by atoms with E-state index in [9.17, 15) is 18.0 Å². The normalized spacial score (nSPS) is 12.4. The molecule has 0 saturated carbocycles. The van der Waals surface area contributed by atoms with E-state index in [1.807, 2.05) is 27.7 Å². The van der Waals surface area contributed by atoms with E-state index in [-0.39, 0.29) is 34.3 Å². The lowest BCUT2D eigenvalue weighted by molar-refractivity contribution is -0.141. The van der Waals surface area contributed by atoms with Gasteiger partial charge in [0.25, 0.3) is 10.0 Å². The molecule has 0 aliphatic carbocycles. The van der Waals surface area contributed by atoms with Gasteiger partial charge >= 0.3 is 0 Å². The Morgan fingerprint density at radius 2 is 1.58 bits per heavy atom. The van der Waals surface area contributed by atoms with Crippen LogP contribution in [-0.4, -0.2) is 50.4 Å². The van der Waals surface area contributed by atoms with Crippen molar-refractivity contribution in [3.05, 3.63) is 86.9 Å². The van der Waals surface area contributed by atoms with Crippen LogP contribution in [0.3, 0.4) is 0 Å². The molecule has 0 aliphatic heterocycles. The van der Waals surface area contributed by atoms with Crippen LogP contribution in [0.2, 0.25) is 15.1 Å². The highest BCUT2D eigenvalue weighted by Crippen LogP contribution is 2.35. The standard InChI is InChI=1S/C31H36Cl3N3O5S/c1-7-26(30(39)35-31(3,4)5)36(18-23-24(33)9-8-10-25(23)34)29(38)19-37(27-17-21(32)13-16-28(27)42-6)43(40,41)22-14-11-20(2)12-15-22/h8-17,26H,7,18-19H2,1-6H3,(H,35,39)/t26-/m0/s1.